The van der Waals surface area contributed by atoms with Crippen LogP contribution in [-0.4, -0.2) is 24.2 Å². The number of nitrogens with two attached hydrogens (primary N) is 1. The highest BCUT2D eigenvalue weighted by atomic mass is 32.2. The molecule has 0 saturated carbocycles. The summed E-state index contributed by atoms with van der Waals surface area (Å²) in [6, 6.07) is 6.34. The summed E-state index contributed by atoms with van der Waals surface area (Å²) in [6.45, 7) is 1.87. The predicted molar refractivity (Wildman–Crippen MR) is 76.2 cm³/mol. The maximum atomic E-state index is 12.1. The lowest BCUT2D eigenvalue weighted by molar-refractivity contribution is 0.598. The number of sulfonamides is 1. The summed E-state index contributed by atoms with van der Waals surface area (Å²) < 4.78 is 26.7. The fourth-order valence-corrected chi connectivity index (χ4v) is 2.61. The summed E-state index contributed by atoms with van der Waals surface area (Å²) in [5.41, 5.74) is 6.16. The minimum atomic E-state index is -3.72. The molecule has 20 heavy (non-hydrogen) atoms. The predicted octanol–water partition coefficient (Wildman–Crippen LogP) is 1.06. The van der Waals surface area contributed by atoms with E-state index in [-0.39, 0.29) is 10.9 Å². The van der Waals surface area contributed by atoms with Crippen LogP contribution in [0.15, 0.2) is 35.5 Å². The highest BCUT2D eigenvalue weighted by molar-refractivity contribution is 7.92. The number of hydrogen-bond donors (Lipinski definition) is 4. The van der Waals surface area contributed by atoms with E-state index in [1.165, 1.54) is 12.3 Å². The molecule has 2 aromatic rings. The average Bonchev–Trinajstić information content (AvgIpc) is 2.88. The number of nitrogens with zero attached hydrogens (tertiary/aromatic N) is 1. The molecule has 0 amide bonds. The van der Waals surface area contributed by atoms with Gasteiger partial charge in [-0.3, -0.25) is 10.1 Å². The monoisotopic (exact) mass is 293 g/mol. The van der Waals surface area contributed by atoms with Crippen molar-refractivity contribution in [1.29, 1.82) is 5.41 Å². The molecule has 0 spiro atoms. The summed E-state index contributed by atoms with van der Waals surface area (Å²) in [5, 5.41) is 7.34. The van der Waals surface area contributed by atoms with Crippen LogP contribution in [-0.2, 0) is 16.4 Å². The smallest absolute Gasteiger partial charge is 0.278 e. The zero-order valence-corrected chi connectivity index (χ0v) is 11.7. The molecular weight excluding hydrogens is 278 g/mol. The van der Waals surface area contributed by atoms with E-state index in [1.807, 2.05) is 6.92 Å². The van der Waals surface area contributed by atoms with Crippen molar-refractivity contribution < 1.29 is 8.42 Å². The van der Waals surface area contributed by atoms with E-state index in [9.17, 15) is 8.42 Å². The number of imidazole rings is 1. The lowest BCUT2D eigenvalue weighted by atomic mass is 10.2. The number of H-pyrrole nitrogens is 1. The van der Waals surface area contributed by atoms with Crippen LogP contribution in [0.1, 0.15) is 18.3 Å². The molecule has 8 heteroatoms. The zero-order valence-electron chi connectivity index (χ0n) is 10.8. The molecule has 0 atom stereocenters. The lowest BCUT2D eigenvalue weighted by Crippen LogP contribution is -2.15. The first-order chi connectivity index (χ1) is 9.42. The molecule has 0 aliphatic rings. The second-order valence-corrected chi connectivity index (χ2v) is 5.80. The van der Waals surface area contributed by atoms with Crippen LogP contribution in [0.5, 0.6) is 0 Å². The summed E-state index contributed by atoms with van der Waals surface area (Å²) >= 11 is 0. The van der Waals surface area contributed by atoms with Crippen LogP contribution in [0.2, 0.25) is 0 Å². The molecule has 0 saturated heterocycles. The van der Waals surface area contributed by atoms with Crippen molar-refractivity contribution >= 4 is 21.5 Å². The van der Waals surface area contributed by atoms with E-state index >= 15 is 0 Å². The van der Waals surface area contributed by atoms with Gasteiger partial charge in [-0.25, -0.2) is 4.98 Å². The number of amidine groups is 1. The molecular formula is C12H15N5O2S. The van der Waals surface area contributed by atoms with Crippen molar-refractivity contribution in [2.24, 2.45) is 5.73 Å². The quantitative estimate of drug-likeness (QED) is 0.486. The molecule has 0 unspecified atom stereocenters. The standard InChI is InChI=1S/C12H15N5O2S/c1-2-10-15-7-11(16-10)20(18,19)17-9-5-3-4-8(6-9)12(13)14/h3-7,17H,2H2,1H3,(H3,13,14)(H,15,16). The van der Waals surface area contributed by atoms with Gasteiger partial charge < -0.3 is 10.7 Å². The Labute approximate surface area is 116 Å². The van der Waals surface area contributed by atoms with Gasteiger partial charge in [-0.1, -0.05) is 19.1 Å². The Hall–Kier alpha value is -2.35. The number of nitrogen functional groups attached to an aromatic ring is 1. The van der Waals surface area contributed by atoms with Crippen molar-refractivity contribution in [1.82, 2.24) is 9.97 Å². The number of aryl methyl sites for hydroxylation is 1. The first-order valence-electron chi connectivity index (χ1n) is 5.93. The van der Waals surface area contributed by atoms with Crippen molar-refractivity contribution in [2.45, 2.75) is 18.4 Å². The average molecular weight is 293 g/mol. The third kappa shape index (κ3) is 2.97. The molecule has 1 heterocycles. The maximum Gasteiger partial charge on any atom is 0.278 e. The van der Waals surface area contributed by atoms with Crippen molar-refractivity contribution in [3.8, 4) is 0 Å². The molecule has 0 bridgehead atoms. The van der Waals surface area contributed by atoms with Gasteiger partial charge in [0, 0.05) is 17.7 Å². The SMILES string of the molecule is CCc1ncc(S(=O)(=O)Nc2cccc(C(=N)N)c2)[nH]1. The van der Waals surface area contributed by atoms with Gasteiger partial charge in [0.25, 0.3) is 10.0 Å². The zero-order chi connectivity index (χ0) is 14.8. The van der Waals surface area contributed by atoms with Gasteiger partial charge in [0.1, 0.15) is 11.7 Å². The third-order valence-electron chi connectivity index (χ3n) is 2.66. The van der Waals surface area contributed by atoms with Gasteiger partial charge in [-0.2, -0.15) is 8.42 Å². The summed E-state index contributed by atoms with van der Waals surface area (Å²) in [7, 11) is -3.72. The van der Waals surface area contributed by atoms with E-state index in [0.717, 1.165) is 0 Å². The van der Waals surface area contributed by atoms with Gasteiger partial charge in [-0.05, 0) is 12.1 Å². The highest BCUT2D eigenvalue weighted by Crippen LogP contribution is 2.16. The Morgan fingerprint density at radius 1 is 1.50 bits per heavy atom. The minimum absolute atomic E-state index is 0.00239. The molecule has 2 rings (SSSR count). The fraction of sp³-hybridized carbons (Fsp3) is 0.167. The molecule has 0 aliphatic heterocycles. The summed E-state index contributed by atoms with van der Waals surface area (Å²) in [6.07, 6.45) is 1.89. The van der Waals surface area contributed by atoms with E-state index in [4.69, 9.17) is 11.1 Å². The normalized spacial score (nSPS) is 11.2. The van der Waals surface area contributed by atoms with Crippen molar-refractivity contribution in [2.75, 3.05) is 4.72 Å². The molecule has 0 aliphatic carbocycles. The van der Waals surface area contributed by atoms with Crippen molar-refractivity contribution in [3.63, 3.8) is 0 Å². The van der Waals surface area contributed by atoms with E-state index in [2.05, 4.69) is 14.7 Å². The Kier molecular flexibility index (Phi) is 3.75. The molecule has 5 N–H and O–H groups in total. The fourth-order valence-electron chi connectivity index (χ4n) is 1.62. The van der Waals surface area contributed by atoms with Crippen LogP contribution in [0, 0.1) is 5.41 Å². The minimum Gasteiger partial charge on any atom is -0.384 e. The van der Waals surface area contributed by atoms with E-state index < -0.39 is 10.0 Å². The highest BCUT2D eigenvalue weighted by Gasteiger charge is 2.17. The number of anilines is 1. The Morgan fingerprint density at radius 3 is 2.85 bits per heavy atom. The topological polar surface area (TPSA) is 125 Å². The van der Waals surface area contributed by atoms with Crippen molar-refractivity contribution in [3.05, 3.63) is 41.9 Å². The largest absolute Gasteiger partial charge is 0.384 e. The first kappa shape index (κ1) is 14.1. The van der Waals surface area contributed by atoms with Crippen LogP contribution in [0.4, 0.5) is 5.69 Å². The first-order valence-corrected chi connectivity index (χ1v) is 7.42. The number of aromatic amines is 1. The van der Waals surface area contributed by atoms with Crippen LogP contribution >= 0.6 is 0 Å². The number of hydrogen-bond acceptors (Lipinski definition) is 4. The number of nitrogens with one attached hydrogen (secondary N) is 3. The van der Waals surface area contributed by atoms with Gasteiger partial charge >= 0.3 is 0 Å². The number of benzene rings is 1. The molecule has 1 aromatic heterocycles. The van der Waals surface area contributed by atoms with Crippen LogP contribution in [0.3, 0.4) is 0 Å². The molecule has 0 radical (unpaired) electrons. The Balaban J connectivity index is 2.28. The van der Waals surface area contributed by atoms with Gasteiger partial charge in [0.15, 0.2) is 5.03 Å². The second kappa shape index (κ2) is 5.33. The van der Waals surface area contributed by atoms with Crippen LogP contribution in [0.25, 0.3) is 0 Å². The van der Waals surface area contributed by atoms with Crippen LogP contribution < -0.4 is 10.5 Å². The lowest BCUT2D eigenvalue weighted by Gasteiger charge is -2.07. The van der Waals surface area contributed by atoms with Gasteiger partial charge in [0.2, 0.25) is 0 Å². The summed E-state index contributed by atoms with van der Waals surface area (Å²) in [4.78, 5) is 6.69. The molecule has 106 valence electrons. The number of aromatic nitrogens is 2. The Bertz CT molecular complexity index is 736. The second-order valence-electron chi connectivity index (χ2n) is 4.15. The summed E-state index contributed by atoms with van der Waals surface area (Å²) in [5.74, 6) is 0.476. The molecule has 1 aromatic carbocycles. The van der Waals surface area contributed by atoms with E-state index in [1.54, 1.807) is 18.2 Å². The third-order valence-corrected chi connectivity index (χ3v) is 3.95. The van der Waals surface area contributed by atoms with Gasteiger partial charge in [-0.15, -0.1) is 0 Å². The van der Waals surface area contributed by atoms with Gasteiger partial charge in [0.05, 0.1) is 6.20 Å². The molecule has 0 fully saturated rings. The number of rotatable bonds is 5. The Morgan fingerprint density at radius 2 is 2.25 bits per heavy atom. The van der Waals surface area contributed by atoms with E-state index in [0.29, 0.717) is 23.5 Å². The maximum absolute atomic E-state index is 12.1. The molecule has 7 nitrogen and oxygen atoms in total.